The van der Waals surface area contributed by atoms with Crippen LogP contribution in [0.15, 0.2) is 23.1 Å². The fourth-order valence-electron chi connectivity index (χ4n) is 3.06. The van der Waals surface area contributed by atoms with Crippen LogP contribution in [0.3, 0.4) is 0 Å². The lowest BCUT2D eigenvalue weighted by molar-refractivity contribution is -0.131. The maximum absolute atomic E-state index is 13.3. The zero-order chi connectivity index (χ0) is 19.1. The molecule has 0 aliphatic carbocycles. The van der Waals surface area contributed by atoms with Gasteiger partial charge in [-0.1, -0.05) is 0 Å². The highest BCUT2D eigenvalue weighted by atomic mass is 32.2. The highest BCUT2D eigenvalue weighted by Crippen LogP contribution is 2.21. The number of sulfonamides is 1. The lowest BCUT2D eigenvalue weighted by Gasteiger charge is -2.32. The number of carbonyl (C=O) groups is 1. The Balaban J connectivity index is 1.68. The van der Waals surface area contributed by atoms with Crippen LogP contribution < -0.4 is 4.72 Å². The molecule has 0 fully saturated rings. The second kappa shape index (κ2) is 6.76. The summed E-state index contributed by atoms with van der Waals surface area (Å²) in [6, 6.07) is 3.50. The minimum atomic E-state index is -3.90. The van der Waals surface area contributed by atoms with Crippen LogP contribution >= 0.6 is 0 Å². The van der Waals surface area contributed by atoms with Crippen molar-refractivity contribution in [3.05, 3.63) is 41.2 Å². The van der Waals surface area contributed by atoms with Crippen LogP contribution in [0.5, 0.6) is 0 Å². The highest BCUT2D eigenvalue weighted by molar-refractivity contribution is 7.89. The maximum atomic E-state index is 13.3. The van der Waals surface area contributed by atoms with Gasteiger partial charge in [-0.2, -0.15) is 0 Å². The molecule has 1 atom stereocenters. The third kappa shape index (κ3) is 3.47. The average molecular weight is 381 g/mol. The molecule has 1 aliphatic heterocycles. The molecule has 3 rings (SSSR count). The SMILES string of the molecule is Cc1cc(S(=O)(=O)NCC(=O)N2Cc3nnc(C)n3[C@@H](C)C2)ccc1F. The summed E-state index contributed by atoms with van der Waals surface area (Å²) >= 11 is 0. The molecule has 0 spiro atoms. The number of nitrogens with zero attached hydrogens (tertiary/aromatic N) is 4. The lowest BCUT2D eigenvalue weighted by Crippen LogP contribution is -2.45. The topological polar surface area (TPSA) is 97.2 Å². The molecule has 140 valence electrons. The number of fused-ring (bicyclic) bond motifs is 1. The molecule has 1 aromatic carbocycles. The van der Waals surface area contributed by atoms with E-state index in [1.54, 1.807) is 4.90 Å². The van der Waals surface area contributed by atoms with Gasteiger partial charge in [-0.15, -0.1) is 10.2 Å². The number of hydrogen-bond donors (Lipinski definition) is 1. The van der Waals surface area contributed by atoms with Crippen molar-refractivity contribution in [3.63, 3.8) is 0 Å². The summed E-state index contributed by atoms with van der Waals surface area (Å²) in [5.41, 5.74) is 0.221. The first kappa shape index (κ1) is 18.5. The van der Waals surface area contributed by atoms with Crippen molar-refractivity contribution in [2.75, 3.05) is 13.1 Å². The zero-order valence-electron chi connectivity index (χ0n) is 14.7. The van der Waals surface area contributed by atoms with Gasteiger partial charge in [0.2, 0.25) is 15.9 Å². The molecule has 1 N–H and O–H groups in total. The third-order valence-corrected chi connectivity index (χ3v) is 5.80. The van der Waals surface area contributed by atoms with Crippen molar-refractivity contribution in [2.45, 2.75) is 38.3 Å². The summed E-state index contributed by atoms with van der Waals surface area (Å²) in [4.78, 5) is 13.9. The molecule has 8 nitrogen and oxygen atoms in total. The Hall–Kier alpha value is -2.33. The molecule has 0 saturated heterocycles. The fraction of sp³-hybridized carbons (Fsp3) is 0.438. The number of amides is 1. The molecular formula is C16H20FN5O3S. The van der Waals surface area contributed by atoms with Crippen molar-refractivity contribution in [1.82, 2.24) is 24.4 Å². The van der Waals surface area contributed by atoms with Crippen molar-refractivity contribution < 1.29 is 17.6 Å². The average Bonchev–Trinajstić information content (AvgIpc) is 2.96. The molecule has 0 radical (unpaired) electrons. The van der Waals surface area contributed by atoms with Crippen LogP contribution in [-0.2, 0) is 21.4 Å². The molecule has 1 aliphatic rings. The van der Waals surface area contributed by atoms with Gasteiger partial charge >= 0.3 is 0 Å². The van der Waals surface area contributed by atoms with Crippen LogP contribution in [0, 0.1) is 19.7 Å². The van der Waals surface area contributed by atoms with Gasteiger partial charge in [-0.25, -0.2) is 17.5 Å². The number of halogens is 1. The van der Waals surface area contributed by atoms with E-state index in [1.165, 1.54) is 19.1 Å². The first-order valence-electron chi connectivity index (χ1n) is 8.13. The smallest absolute Gasteiger partial charge is 0.241 e. The molecule has 1 aromatic heterocycles. The summed E-state index contributed by atoms with van der Waals surface area (Å²) in [5, 5.41) is 8.07. The summed E-state index contributed by atoms with van der Waals surface area (Å²) in [6.07, 6.45) is 0. The van der Waals surface area contributed by atoms with Gasteiger partial charge in [-0.3, -0.25) is 4.79 Å². The largest absolute Gasteiger partial charge is 0.332 e. The van der Waals surface area contributed by atoms with Gasteiger partial charge < -0.3 is 9.47 Å². The first-order valence-corrected chi connectivity index (χ1v) is 9.61. The molecule has 1 amide bonds. The monoisotopic (exact) mass is 381 g/mol. The van der Waals surface area contributed by atoms with E-state index in [0.29, 0.717) is 12.4 Å². The summed E-state index contributed by atoms with van der Waals surface area (Å²) in [6.45, 7) is 5.63. The summed E-state index contributed by atoms with van der Waals surface area (Å²) < 4.78 is 42.2. The molecule has 10 heteroatoms. The van der Waals surface area contributed by atoms with Gasteiger partial charge in [0, 0.05) is 6.54 Å². The number of rotatable bonds is 4. The molecule has 0 saturated carbocycles. The molecule has 0 bridgehead atoms. The van der Waals surface area contributed by atoms with E-state index in [1.807, 2.05) is 18.4 Å². The number of nitrogens with one attached hydrogen (secondary N) is 1. The maximum Gasteiger partial charge on any atom is 0.241 e. The minimum absolute atomic E-state index is 0.00838. The van der Waals surface area contributed by atoms with Crippen molar-refractivity contribution in [2.24, 2.45) is 0 Å². The Labute approximate surface area is 151 Å². The number of aryl methyl sites for hydroxylation is 2. The second-order valence-electron chi connectivity index (χ2n) is 6.39. The molecule has 2 heterocycles. The van der Waals surface area contributed by atoms with Crippen molar-refractivity contribution in [3.8, 4) is 0 Å². The highest BCUT2D eigenvalue weighted by Gasteiger charge is 2.28. The van der Waals surface area contributed by atoms with Gasteiger partial charge in [0.1, 0.15) is 11.6 Å². The number of aromatic nitrogens is 3. The van der Waals surface area contributed by atoms with E-state index in [-0.39, 0.29) is 35.5 Å². The first-order chi connectivity index (χ1) is 12.2. The van der Waals surface area contributed by atoms with E-state index >= 15 is 0 Å². The number of benzene rings is 1. The minimum Gasteiger partial charge on any atom is -0.332 e. The molecule has 2 aromatic rings. The summed E-state index contributed by atoms with van der Waals surface area (Å²) in [7, 11) is -3.90. The van der Waals surface area contributed by atoms with E-state index in [9.17, 15) is 17.6 Å². The van der Waals surface area contributed by atoms with Crippen LogP contribution in [0.2, 0.25) is 0 Å². The van der Waals surface area contributed by atoms with Crippen molar-refractivity contribution >= 4 is 15.9 Å². The predicted molar refractivity (Wildman–Crippen MR) is 91.2 cm³/mol. The fourth-order valence-corrected chi connectivity index (χ4v) is 4.12. The molecular weight excluding hydrogens is 361 g/mol. The van der Waals surface area contributed by atoms with Crippen LogP contribution in [0.4, 0.5) is 4.39 Å². The van der Waals surface area contributed by atoms with Gasteiger partial charge in [-0.05, 0) is 44.5 Å². The van der Waals surface area contributed by atoms with E-state index in [0.717, 1.165) is 11.9 Å². The van der Waals surface area contributed by atoms with Crippen molar-refractivity contribution in [1.29, 1.82) is 0 Å². The van der Waals surface area contributed by atoms with Crippen LogP contribution in [-0.4, -0.2) is 47.1 Å². The molecule has 26 heavy (non-hydrogen) atoms. The Morgan fingerprint density at radius 2 is 2.08 bits per heavy atom. The van der Waals surface area contributed by atoms with Crippen LogP contribution in [0.25, 0.3) is 0 Å². The van der Waals surface area contributed by atoms with Gasteiger partial charge in [0.25, 0.3) is 0 Å². The predicted octanol–water partition coefficient (Wildman–Crippen LogP) is 0.916. The quantitative estimate of drug-likeness (QED) is 0.849. The number of hydrogen-bond acceptors (Lipinski definition) is 5. The number of carbonyl (C=O) groups excluding carboxylic acids is 1. The van der Waals surface area contributed by atoms with Crippen LogP contribution in [0.1, 0.15) is 30.2 Å². The Bertz CT molecular complexity index is 957. The second-order valence-corrected chi connectivity index (χ2v) is 8.16. The normalized spacial score (nSPS) is 17.2. The standard InChI is InChI=1S/C16H20FN5O3S/c1-10-6-13(4-5-14(10)17)26(24,25)18-7-16(23)21-8-11(2)22-12(3)19-20-15(22)9-21/h4-6,11,18H,7-9H2,1-3H3/t11-/m0/s1. The molecule has 0 unspecified atom stereocenters. The van der Waals surface area contributed by atoms with E-state index in [2.05, 4.69) is 14.9 Å². The van der Waals surface area contributed by atoms with E-state index < -0.39 is 15.8 Å². The Morgan fingerprint density at radius 3 is 2.77 bits per heavy atom. The lowest BCUT2D eigenvalue weighted by atomic mass is 10.2. The summed E-state index contributed by atoms with van der Waals surface area (Å²) in [5.74, 6) is 0.617. The Morgan fingerprint density at radius 1 is 1.35 bits per heavy atom. The van der Waals surface area contributed by atoms with E-state index in [4.69, 9.17) is 0 Å². The zero-order valence-corrected chi connectivity index (χ0v) is 15.5. The Kier molecular flexibility index (Phi) is 4.80. The van der Waals surface area contributed by atoms with Gasteiger partial charge in [0.05, 0.1) is 24.0 Å². The van der Waals surface area contributed by atoms with Gasteiger partial charge in [0.15, 0.2) is 5.82 Å². The third-order valence-electron chi connectivity index (χ3n) is 4.40.